The molecule has 2 aliphatic rings. The van der Waals surface area contributed by atoms with Crippen LogP contribution in [0.2, 0.25) is 0 Å². The molecule has 3 heterocycles. The second-order valence-electron chi connectivity index (χ2n) is 9.48. The lowest BCUT2D eigenvalue weighted by molar-refractivity contribution is -0.114. The van der Waals surface area contributed by atoms with Gasteiger partial charge in [0.2, 0.25) is 0 Å². The normalized spacial score (nSPS) is 16.9. The average Bonchev–Trinajstić information content (AvgIpc) is 3.38. The quantitative estimate of drug-likeness (QED) is 0.294. The van der Waals surface area contributed by atoms with E-state index in [0.29, 0.717) is 23.1 Å². The Morgan fingerprint density at radius 3 is 2.51 bits per heavy atom. The number of likely N-dealkylation sites (N-methyl/N-ethyl adjacent to an activating group) is 1. The summed E-state index contributed by atoms with van der Waals surface area (Å²) in [5, 5.41) is 14.4. The first-order valence-corrected chi connectivity index (χ1v) is 12.6. The molecule has 0 unspecified atom stereocenters. The number of unbranched alkanes of at least 4 members (excludes halogenated alkanes) is 1. The fourth-order valence-electron chi connectivity index (χ4n) is 4.73. The lowest BCUT2D eigenvalue weighted by Crippen LogP contribution is -2.44. The monoisotopic (exact) mass is 494 g/mol. The fourth-order valence-corrected chi connectivity index (χ4v) is 4.73. The molecule has 1 saturated heterocycles. The van der Waals surface area contributed by atoms with Crippen LogP contribution in [-0.2, 0) is 11.3 Å². The van der Waals surface area contributed by atoms with Crippen LogP contribution in [0.4, 0.5) is 11.4 Å². The molecule has 2 aromatic carbocycles. The maximum atomic E-state index is 12.8. The van der Waals surface area contributed by atoms with Gasteiger partial charge in [-0.3, -0.25) is 14.9 Å². The zero-order valence-electron chi connectivity index (χ0n) is 20.9. The SMILES string of the molecule is CN1CCN(c2ccc(NC=C3C(=O)NC(=O)c4ccc(-c5ccn(CCCC#N)c5)cc43)cc2)CC1. The number of anilines is 2. The summed E-state index contributed by atoms with van der Waals surface area (Å²) in [5.41, 5.74) is 5.44. The van der Waals surface area contributed by atoms with E-state index in [9.17, 15) is 9.59 Å². The Morgan fingerprint density at radius 1 is 0.973 bits per heavy atom. The van der Waals surface area contributed by atoms with Gasteiger partial charge in [0.05, 0.1) is 11.6 Å². The Kier molecular flexibility index (Phi) is 7.06. The number of carbonyl (C=O) groups is 2. The van der Waals surface area contributed by atoms with Crippen LogP contribution in [0.1, 0.15) is 28.8 Å². The van der Waals surface area contributed by atoms with Crippen molar-refractivity contribution in [2.75, 3.05) is 43.4 Å². The van der Waals surface area contributed by atoms with E-state index in [-0.39, 0.29) is 0 Å². The molecule has 0 aliphatic carbocycles. The molecule has 0 saturated carbocycles. The number of benzene rings is 2. The molecule has 1 fully saturated rings. The Bertz CT molecular complexity index is 1370. The average molecular weight is 495 g/mol. The molecule has 0 radical (unpaired) electrons. The number of aromatic nitrogens is 1. The number of nitrogens with zero attached hydrogens (tertiary/aromatic N) is 4. The Balaban J connectivity index is 1.36. The van der Waals surface area contributed by atoms with Gasteiger partial charge in [-0.25, -0.2) is 0 Å². The van der Waals surface area contributed by atoms with E-state index in [1.807, 2.05) is 47.3 Å². The number of amides is 2. The predicted molar refractivity (Wildman–Crippen MR) is 145 cm³/mol. The van der Waals surface area contributed by atoms with Crippen LogP contribution in [0.15, 0.2) is 67.1 Å². The zero-order valence-corrected chi connectivity index (χ0v) is 20.9. The second-order valence-corrected chi connectivity index (χ2v) is 9.48. The molecule has 0 atom stereocenters. The number of carbonyl (C=O) groups excluding carboxylic acids is 2. The van der Waals surface area contributed by atoms with Gasteiger partial charge in [-0.2, -0.15) is 5.26 Å². The number of fused-ring (bicyclic) bond motifs is 1. The van der Waals surface area contributed by atoms with Crippen molar-refractivity contribution in [2.45, 2.75) is 19.4 Å². The first-order chi connectivity index (χ1) is 18.0. The van der Waals surface area contributed by atoms with Crippen molar-refractivity contribution in [1.29, 1.82) is 5.26 Å². The van der Waals surface area contributed by atoms with Gasteiger partial charge in [-0.05, 0) is 67.1 Å². The van der Waals surface area contributed by atoms with Crippen molar-refractivity contribution in [3.63, 3.8) is 0 Å². The van der Waals surface area contributed by atoms with E-state index >= 15 is 0 Å². The van der Waals surface area contributed by atoms with Gasteiger partial charge in [-0.1, -0.05) is 6.07 Å². The summed E-state index contributed by atoms with van der Waals surface area (Å²) >= 11 is 0. The second kappa shape index (κ2) is 10.7. The van der Waals surface area contributed by atoms with Crippen molar-refractivity contribution in [3.05, 3.63) is 78.3 Å². The summed E-state index contributed by atoms with van der Waals surface area (Å²) in [5.74, 6) is -0.820. The lowest BCUT2D eigenvalue weighted by Gasteiger charge is -2.34. The molecule has 2 N–H and O–H groups in total. The first kappa shape index (κ1) is 24.3. The maximum Gasteiger partial charge on any atom is 0.260 e. The summed E-state index contributed by atoms with van der Waals surface area (Å²) in [6.45, 7) is 4.87. The highest BCUT2D eigenvalue weighted by molar-refractivity contribution is 6.31. The van der Waals surface area contributed by atoms with Crippen LogP contribution in [0.3, 0.4) is 0 Å². The minimum absolute atomic E-state index is 0.394. The van der Waals surface area contributed by atoms with Gasteiger partial charge >= 0.3 is 0 Å². The minimum Gasteiger partial charge on any atom is -0.369 e. The van der Waals surface area contributed by atoms with Crippen molar-refractivity contribution in [3.8, 4) is 17.2 Å². The molecule has 188 valence electrons. The van der Waals surface area contributed by atoms with Crippen LogP contribution >= 0.6 is 0 Å². The van der Waals surface area contributed by atoms with E-state index in [1.165, 1.54) is 5.69 Å². The van der Waals surface area contributed by atoms with Crippen LogP contribution < -0.4 is 15.5 Å². The van der Waals surface area contributed by atoms with Crippen molar-refractivity contribution < 1.29 is 9.59 Å². The Labute approximate surface area is 216 Å². The summed E-state index contributed by atoms with van der Waals surface area (Å²) < 4.78 is 2.05. The van der Waals surface area contributed by atoms with Crippen molar-refractivity contribution in [1.82, 2.24) is 14.8 Å². The number of nitrogens with one attached hydrogen (secondary N) is 2. The highest BCUT2D eigenvalue weighted by atomic mass is 16.2. The number of piperazine rings is 1. The summed E-state index contributed by atoms with van der Waals surface area (Å²) in [7, 11) is 2.14. The molecule has 0 spiro atoms. The highest BCUT2D eigenvalue weighted by Gasteiger charge is 2.27. The minimum atomic E-state index is -0.426. The molecular formula is C29H30N6O2. The summed E-state index contributed by atoms with van der Waals surface area (Å²) in [4.78, 5) is 30.0. The van der Waals surface area contributed by atoms with Gasteiger partial charge in [0.15, 0.2) is 0 Å². The van der Waals surface area contributed by atoms with Crippen LogP contribution in [0, 0.1) is 11.3 Å². The van der Waals surface area contributed by atoms with Crippen LogP contribution in [0.25, 0.3) is 16.7 Å². The maximum absolute atomic E-state index is 12.8. The molecule has 1 aromatic heterocycles. The first-order valence-electron chi connectivity index (χ1n) is 12.6. The third-order valence-electron chi connectivity index (χ3n) is 6.93. The summed E-state index contributed by atoms with van der Waals surface area (Å²) in [6.07, 6.45) is 6.98. The summed E-state index contributed by atoms with van der Waals surface area (Å²) in [6, 6.07) is 17.9. The lowest BCUT2D eigenvalue weighted by atomic mass is 9.92. The van der Waals surface area contributed by atoms with Crippen molar-refractivity contribution >= 4 is 28.8 Å². The number of nitriles is 1. The zero-order chi connectivity index (χ0) is 25.8. The molecule has 3 aromatic rings. The standard InChI is InChI=1S/C29H30N6O2/c1-33-14-16-35(17-15-33)24-7-5-23(6-8-24)31-19-27-26-18-21(4-9-25(26)28(36)32-29(27)37)22-10-13-34(20-22)12-3-2-11-30/h4-10,13,18-20,31H,2-3,12,14-17H2,1H3,(H,32,36,37). The van der Waals surface area contributed by atoms with Gasteiger partial charge in [0.1, 0.15) is 0 Å². The molecule has 5 rings (SSSR count). The van der Waals surface area contributed by atoms with E-state index in [0.717, 1.165) is 56.0 Å². The molecule has 2 amide bonds. The van der Waals surface area contributed by atoms with E-state index in [1.54, 1.807) is 12.3 Å². The van der Waals surface area contributed by atoms with Crippen LogP contribution in [0.5, 0.6) is 0 Å². The van der Waals surface area contributed by atoms with E-state index in [4.69, 9.17) is 5.26 Å². The van der Waals surface area contributed by atoms with E-state index in [2.05, 4.69) is 45.7 Å². The number of hydrogen-bond acceptors (Lipinski definition) is 6. The smallest absolute Gasteiger partial charge is 0.260 e. The van der Waals surface area contributed by atoms with Crippen LogP contribution in [-0.4, -0.2) is 54.5 Å². The number of aryl methyl sites for hydroxylation is 1. The number of hydrogen-bond donors (Lipinski definition) is 2. The number of rotatable bonds is 7. The highest BCUT2D eigenvalue weighted by Crippen LogP contribution is 2.30. The molecular weight excluding hydrogens is 464 g/mol. The molecule has 2 aliphatic heterocycles. The van der Waals surface area contributed by atoms with Gasteiger partial charge in [0, 0.05) is 80.2 Å². The van der Waals surface area contributed by atoms with E-state index < -0.39 is 11.8 Å². The third-order valence-corrected chi connectivity index (χ3v) is 6.93. The largest absolute Gasteiger partial charge is 0.369 e. The van der Waals surface area contributed by atoms with Crippen molar-refractivity contribution in [2.24, 2.45) is 0 Å². The number of imide groups is 1. The van der Waals surface area contributed by atoms with Gasteiger partial charge < -0.3 is 19.7 Å². The predicted octanol–water partition coefficient (Wildman–Crippen LogP) is 3.93. The molecule has 8 nitrogen and oxygen atoms in total. The molecule has 37 heavy (non-hydrogen) atoms. The molecule has 8 heteroatoms. The third kappa shape index (κ3) is 5.42. The Hall–Kier alpha value is -4.35. The van der Waals surface area contributed by atoms with Gasteiger partial charge in [0.25, 0.3) is 11.8 Å². The Morgan fingerprint density at radius 2 is 1.76 bits per heavy atom. The van der Waals surface area contributed by atoms with Gasteiger partial charge in [-0.15, -0.1) is 0 Å². The molecule has 0 bridgehead atoms. The fraction of sp³-hybridized carbons (Fsp3) is 0.276. The topological polar surface area (TPSA) is 93.4 Å².